The maximum Gasteiger partial charge on any atom is 0.406 e. The average Bonchev–Trinajstić information content (AvgIpc) is 2.86. The number of hydrogen-bond donors (Lipinski definition) is 1. The van der Waals surface area contributed by atoms with E-state index in [-0.39, 0.29) is 29.4 Å². The van der Waals surface area contributed by atoms with E-state index >= 15 is 0 Å². The van der Waals surface area contributed by atoms with Gasteiger partial charge in [0.1, 0.15) is 18.2 Å². The Morgan fingerprint density at radius 2 is 2.09 bits per heavy atom. The summed E-state index contributed by atoms with van der Waals surface area (Å²) in [5.41, 5.74) is -0.226. The molecule has 2 rings (SSSR count). The van der Waals surface area contributed by atoms with Crippen LogP contribution in [-0.4, -0.2) is 28.2 Å². The van der Waals surface area contributed by atoms with Gasteiger partial charge >= 0.3 is 6.18 Å². The molecule has 0 aliphatic heterocycles. The Bertz CT molecular complexity index is 700. The van der Waals surface area contributed by atoms with Crippen molar-refractivity contribution in [2.75, 3.05) is 6.54 Å². The van der Waals surface area contributed by atoms with Crippen molar-refractivity contribution in [2.24, 2.45) is 0 Å². The molecule has 0 spiro atoms. The van der Waals surface area contributed by atoms with E-state index in [9.17, 15) is 22.4 Å². The summed E-state index contributed by atoms with van der Waals surface area (Å²) in [5, 5.41) is 2.63. The first-order valence-electron chi connectivity index (χ1n) is 6.56. The fraction of sp³-hybridized carbons (Fsp3) is 0.286. The lowest BCUT2D eigenvalue weighted by atomic mass is 10.2. The zero-order valence-corrected chi connectivity index (χ0v) is 12.5. The standard InChI is InChI=1S/C14H12ClF4N3O/c15-9-1-2-11(16)10(7-9)13(23)21-4-3-12-20-5-6-22(12)8-14(17,18)19/h1-2,5-7H,3-4,8H2,(H,21,23). The van der Waals surface area contributed by atoms with Gasteiger partial charge in [0.15, 0.2) is 0 Å². The Morgan fingerprint density at radius 1 is 1.35 bits per heavy atom. The molecule has 1 amide bonds. The van der Waals surface area contributed by atoms with Gasteiger partial charge in [0.05, 0.1) is 5.56 Å². The number of halogens is 5. The molecular weight excluding hydrogens is 338 g/mol. The highest BCUT2D eigenvalue weighted by molar-refractivity contribution is 6.30. The van der Waals surface area contributed by atoms with Gasteiger partial charge in [-0.25, -0.2) is 9.37 Å². The molecule has 0 fully saturated rings. The number of carbonyl (C=O) groups excluding carboxylic acids is 1. The van der Waals surface area contributed by atoms with Crippen molar-refractivity contribution in [1.82, 2.24) is 14.9 Å². The van der Waals surface area contributed by atoms with Crippen molar-refractivity contribution in [3.63, 3.8) is 0 Å². The molecule has 0 saturated heterocycles. The summed E-state index contributed by atoms with van der Waals surface area (Å²) >= 11 is 5.69. The van der Waals surface area contributed by atoms with E-state index in [0.717, 1.165) is 10.6 Å². The van der Waals surface area contributed by atoms with Gasteiger partial charge in [-0.1, -0.05) is 11.6 Å². The van der Waals surface area contributed by atoms with Crippen LogP contribution in [0.2, 0.25) is 5.02 Å². The molecule has 1 N–H and O–H groups in total. The first-order chi connectivity index (χ1) is 10.8. The maximum atomic E-state index is 13.5. The van der Waals surface area contributed by atoms with Crippen LogP contribution in [-0.2, 0) is 13.0 Å². The van der Waals surface area contributed by atoms with Crippen LogP contribution in [0.25, 0.3) is 0 Å². The monoisotopic (exact) mass is 349 g/mol. The van der Waals surface area contributed by atoms with Crippen LogP contribution in [0.3, 0.4) is 0 Å². The molecule has 9 heteroatoms. The molecule has 23 heavy (non-hydrogen) atoms. The van der Waals surface area contributed by atoms with E-state index in [4.69, 9.17) is 11.6 Å². The van der Waals surface area contributed by atoms with Gasteiger partial charge in [0, 0.05) is 30.4 Å². The number of imidazole rings is 1. The van der Waals surface area contributed by atoms with Crippen molar-refractivity contribution in [3.8, 4) is 0 Å². The number of amides is 1. The number of carbonyl (C=O) groups is 1. The topological polar surface area (TPSA) is 46.9 Å². The second kappa shape index (κ2) is 6.99. The molecule has 0 aliphatic rings. The Balaban J connectivity index is 1.94. The normalized spacial score (nSPS) is 11.5. The number of nitrogens with one attached hydrogen (secondary N) is 1. The van der Waals surface area contributed by atoms with Crippen LogP contribution in [0.1, 0.15) is 16.2 Å². The van der Waals surface area contributed by atoms with E-state index in [0.29, 0.717) is 0 Å². The Labute approximate surface area is 134 Å². The van der Waals surface area contributed by atoms with Crippen molar-refractivity contribution in [3.05, 3.63) is 52.8 Å². The van der Waals surface area contributed by atoms with Gasteiger partial charge in [-0.05, 0) is 18.2 Å². The third-order valence-corrected chi connectivity index (χ3v) is 3.19. The van der Waals surface area contributed by atoms with Crippen molar-refractivity contribution >= 4 is 17.5 Å². The Kier molecular flexibility index (Phi) is 5.25. The van der Waals surface area contributed by atoms with Gasteiger partial charge in [-0.2, -0.15) is 13.2 Å². The zero-order chi connectivity index (χ0) is 17.0. The first kappa shape index (κ1) is 17.3. The quantitative estimate of drug-likeness (QED) is 0.843. The molecule has 1 heterocycles. The van der Waals surface area contributed by atoms with Crippen molar-refractivity contribution in [2.45, 2.75) is 19.1 Å². The maximum absolute atomic E-state index is 13.5. The van der Waals surface area contributed by atoms with E-state index in [1.807, 2.05) is 0 Å². The van der Waals surface area contributed by atoms with E-state index in [1.165, 1.54) is 24.5 Å². The number of benzene rings is 1. The highest BCUT2D eigenvalue weighted by Crippen LogP contribution is 2.18. The van der Waals surface area contributed by atoms with Crippen LogP contribution < -0.4 is 5.32 Å². The minimum atomic E-state index is -4.36. The van der Waals surface area contributed by atoms with Gasteiger partial charge in [-0.15, -0.1) is 0 Å². The summed E-state index contributed by atoms with van der Waals surface area (Å²) in [6, 6.07) is 3.55. The van der Waals surface area contributed by atoms with Crippen LogP contribution in [0.4, 0.5) is 17.6 Å². The number of nitrogens with zero attached hydrogens (tertiary/aromatic N) is 2. The predicted molar refractivity (Wildman–Crippen MR) is 75.7 cm³/mol. The molecule has 0 bridgehead atoms. The summed E-state index contributed by atoms with van der Waals surface area (Å²) < 4.78 is 51.6. The molecule has 0 saturated carbocycles. The summed E-state index contributed by atoms with van der Waals surface area (Å²) in [7, 11) is 0. The molecule has 2 aromatic rings. The highest BCUT2D eigenvalue weighted by Gasteiger charge is 2.28. The fourth-order valence-electron chi connectivity index (χ4n) is 1.96. The third kappa shape index (κ3) is 4.95. The van der Waals surface area contributed by atoms with Gasteiger partial charge in [0.2, 0.25) is 0 Å². The van der Waals surface area contributed by atoms with E-state index in [1.54, 1.807) is 0 Å². The molecule has 4 nitrogen and oxygen atoms in total. The first-order valence-corrected chi connectivity index (χ1v) is 6.94. The van der Waals surface area contributed by atoms with E-state index in [2.05, 4.69) is 10.3 Å². The average molecular weight is 350 g/mol. The minimum Gasteiger partial charge on any atom is -0.351 e. The largest absolute Gasteiger partial charge is 0.406 e. The Hall–Kier alpha value is -2.09. The summed E-state index contributed by atoms with van der Waals surface area (Å²) in [4.78, 5) is 15.7. The highest BCUT2D eigenvalue weighted by atomic mass is 35.5. The molecular formula is C14H12ClF4N3O. The van der Waals surface area contributed by atoms with E-state index < -0.39 is 24.4 Å². The second-order valence-corrected chi connectivity index (χ2v) is 5.15. The molecule has 1 aromatic heterocycles. The molecule has 1 aromatic carbocycles. The van der Waals surface area contributed by atoms with Crippen molar-refractivity contribution in [1.29, 1.82) is 0 Å². The lowest BCUT2D eigenvalue weighted by Crippen LogP contribution is -2.28. The minimum absolute atomic E-state index is 0.0135. The lowest BCUT2D eigenvalue weighted by Gasteiger charge is -2.11. The second-order valence-electron chi connectivity index (χ2n) is 4.72. The summed E-state index contributed by atoms with van der Waals surface area (Å²) in [5.74, 6) is -1.25. The smallest absolute Gasteiger partial charge is 0.351 e. The zero-order valence-electron chi connectivity index (χ0n) is 11.7. The van der Waals surface area contributed by atoms with Gasteiger partial charge in [0.25, 0.3) is 5.91 Å². The van der Waals surface area contributed by atoms with Gasteiger partial charge in [-0.3, -0.25) is 4.79 Å². The molecule has 124 valence electrons. The summed E-state index contributed by atoms with van der Waals surface area (Å²) in [6.45, 7) is -1.14. The molecule has 0 unspecified atom stereocenters. The lowest BCUT2D eigenvalue weighted by molar-refractivity contribution is -0.141. The van der Waals surface area contributed by atoms with Crippen LogP contribution >= 0.6 is 11.6 Å². The number of hydrogen-bond acceptors (Lipinski definition) is 2. The molecule has 0 aliphatic carbocycles. The number of aromatic nitrogens is 2. The molecule has 0 atom stereocenters. The van der Waals surface area contributed by atoms with Gasteiger partial charge < -0.3 is 9.88 Å². The summed E-state index contributed by atoms with van der Waals surface area (Å²) in [6.07, 6.45) is -1.82. The van der Waals surface area contributed by atoms with Crippen LogP contribution in [0, 0.1) is 5.82 Å². The Morgan fingerprint density at radius 3 is 2.78 bits per heavy atom. The number of rotatable bonds is 5. The predicted octanol–water partition coefficient (Wildman–Crippen LogP) is 3.21. The van der Waals surface area contributed by atoms with Crippen LogP contribution in [0.5, 0.6) is 0 Å². The van der Waals surface area contributed by atoms with Crippen LogP contribution in [0.15, 0.2) is 30.6 Å². The van der Waals surface area contributed by atoms with Crippen molar-refractivity contribution < 1.29 is 22.4 Å². The number of alkyl halides is 3. The SMILES string of the molecule is O=C(NCCc1nccn1CC(F)(F)F)c1cc(Cl)ccc1F. The fourth-order valence-corrected chi connectivity index (χ4v) is 2.13. The molecule has 0 radical (unpaired) electrons. The third-order valence-electron chi connectivity index (χ3n) is 2.96.